The third kappa shape index (κ3) is 2.27. The van der Waals surface area contributed by atoms with Gasteiger partial charge in [0.25, 0.3) is 0 Å². The van der Waals surface area contributed by atoms with Crippen LogP contribution in [0.4, 0.5) is 4.79 Å². The standard InChI is InChI=1S/C6H13N3OS/c1-4-2-11-3-5(4)8-6(10)9-7/h4-5H,2-3,7H2,1H3,(H2,8,9,10). The summed E-state index contributed by atoms with van der Waals surface area (Å²) in [6, 6.07) is -0.00657. The summed E-state index contributed by atoms with van der Waals surface area (Å²) >= 11 is 1.86. The van der Waals surface area contributed by atoms with Gasteiger partial charge in [-0.05, 0) is 11.7 Å². The molecule has 2 unspecified atom stereocenters. The molecule has 4 nitrogen and oxygen atoms in total. The van der Waals surface area contributed by atoms with E-state index < -0.39 is 0 Å². The Morgan fingerprint density at radius 1 is 1.64 bits per heavy atom. The van der Waals surface area contributed by atoms with E-state index in [2.05, 4.69) is 17.7 Å². The van der Waals surface area contributed by atoms with E-state index in [0.29, 0.717) is 5.92 Å². The fraction of sp³-hybridized carbons (Fsp3) is 0.833. The van der Waals surface area contributed by atoms with E-state index in [1.165, 1.54) is 0 Å². The minimum atomic E-state index is -0.288. The molecule has 0 aromatic heterocycles. The highest BCUT2D eigenvalue weighted by atomic mass is 32.2. The van der Waals surface area contributed by atoms with Crippen LogP contribution in [-0.4, -0.2) is 23.6 Å². The second-order valence-corrected chi connectivity index (χ2v) is 3.81. The summed E-state index contributed by atoms with van der Waals surface area (Å²) in [5.41, 5.74) is 2.05. The average Bonchev–Trinajstić information content (AvgIpc) is 2.37. The third-order valence-corrected chi connectivity index (χ3v) is 3.17. The van der Waals surface area contributed by atoms with Crippen LogP contribution < -0.4 is 16.6 Å². The molecule has 1 heterocycles. The number of nitrogens with one attached hydrogen (secondary N) is 2. The van der Waals surface area contributed by atoms with E-state index in [1.54, 1.807) is 0 Å². The normalized spacial score (nSPS) is 30.0. The summed E-state index contributed by atoms with van der Waals surface area (Å²) in [5, 5.41) is 2.78. The van der Waals surface area contributed by atoms with Gasteiger partial charge >= 0.3 is 6.03 Å². The van der Waals surface area contributed by atoms with Crippen molar-refractivity contribution in [2.45, 2.75) is 13.0 Å². The molecule has 1 rings (SSSR count). The number of thioether (sulfide) groups is 1. The second-order valence-electron chi connectivity index (χ2n) is 2.74. The Morgan fingerprint density at radius 3 is 2.82 bits per heavy atom. The van der Waals surface area contributed by atoms with Crippen LogP contribution in [0.1, 0.15) is 6.92 Å². The van der Waals surface area contributed by atoms with E-state index >= 15 is 0 Å². The minimum absolute atomic E-state index is 0.281. The van der Waals surface area contributed by atoms with Crippen molar-refractivity contribution in [2.24, 2.45) is 11.8 Å². The molecule has 11 heavy (non-hydrogen) atoms. The number of hydrazine groups is 1. The first kappa shape index (κ1) is 8.67. The van der Waals surface area contributed by atoms with Gasteiger partial charge in [0.2, 0.25) is 0 Å². The maximum absolute atomic E-state index is 10.8. The van der Waals surface area contributed by atoms with Crippen LogP contribution in [0.25, 0.3) is 0 Å². The highest BCUT2D eigenvalue weighted by molar-refractivity contribution is 7.99. The molecule has 1 saturated heterocycles. The summed E-state index contributed by atoms with van der Waals surface area (Å²) in [6.45, 7) is 2.13. The van der Waals surface area contributed by atoms with E-state index in [4.69, 9.17) is 5.84 Å². The summed E-state index contributed by atoms with van der Waals surface area (Å²) in [7, 11) is 0. The maximum Gasteiger partial charge on any atom is 0.329 e. The Morgan fingerprint density at radius 2 is 2.36 bits per heavy atom. The van der Waals surface area contributed by atoms with Gasteiger partial charge in [-0.2, -0.15) is 11.8 Å². The highest BCUT2D eigenvalue weighted by Gasteiger charge is 2.24. The number of urea groups is 1. The molecular weight excluding hydrogens is 162 g/mol. The van der Waals surface area contributed by atoms with E-state index in [1.807, 2.05) is 11.8 Å². The molecule has 0 aliphatic carbocycles. The summed E-state index contributed by atoms with van der Waals surface area (Å²) in [5.74, 6) is 7.59. The molecule has 0 aromatic carbocycles. The molecule has 64 valence electrons. The lowest BCUT2D eigenvalue weighted by Gasteiger charge is -2.15. The van der Waals surface area contributed by atoms with Crippen molar-refractivity contribution < 1.29 is 4.79 Å². The first-order valence-corrected chi connectivity index (χ1v) is 4.74. The predicted octanol–water partition coefficient (Wildman–Crippen LogP) is -0.0892. The van der Waals surface area contributed by atoms with Gasteiger partial charge in [-0.15, -0.1) is 0 Å². The molecule has 0 saturated carbocycles. The quantitative estimate of drug-likeness (QED) is 0.296. The van der Waals surface area contributed by atoms with Crippen LogP contribution in [0.3, 0.4) is 0 Å². The summed E-state index contributed by atoms with van der Waals surface area (Å²) in [4.78, 5) is 10.8. The van der Waals surface area contributed by atoms with Crippen molar-refractivity contribution in [1.82, 2.24) is 10.7 Å². The maximum atomic E-state index is 10.8. The van der Waals surface area contributed by atoms with Crippen LogP contribution in [-0.2, 0) is 0 Å². The van der Waals surface area contributed by atoms with Gasteiger partial charge in [0.05, 0.1) is 0 Å². The number of hydrogen-bond acceptors (Lipinski definition) is 3. The molecule has 0 radical (unpaired) electrons. The highest BCUT2D eigenvalue weighted by Crippen LogP contribution is 2.23. The van der Waals surface area contributed by atoms with E-state index in [-0.39, 0.29) is 12.1 Å². The molecule has 0 spiro atoms. The van der Waals surface area contributed by atoms with Gasteiger partial charge in [-0.25, -0.2) is 10.6 Å². The first-order valence-electron chi connectivity index (χ1n) is 3.59. The largest absolute Gasteiger partial charge is 0.333 e. The Kier molecular flexibility index (Phi) is 3.02. The number of rotatable bonds is 1. The van der Waals surface area contributed by atoms with Crippen molar-refractivity contribution in [1.29, 1.82) is 0 Å². The van der Waals surface area contributed by atoms with Crippen LogP contribution in [0, 0.1) is 5.92 Å². The zero-order valence-corrected chi connectivity index (χ0v) is 7.28. The van der Waals surface area contributed by atoms with Gasteiger partial charge in [-0.1, -0.05) is 6.92 Å². The van der Waals surface area contributed by atoms with E-state index in [0.717, 1.165) is 11.5 Å². The number of carbonyl (C=O) groups is 1. The molecule has 1 aliphatic heterocycles. The van der Waals surface area contributed by atoms with Crippen LogP contribution >= 0.6 is 11.8 Å². The molecule has 5 heteroatoms. The topological polar surface area (TPSA) is 67.2 Å². The van der Waals surface area contributed by atoms with Crippen molar-refractivity contribution in [2.75, 3.05) is 11.5 Å². The van der Waals surface area contributed by atoms with Gasteiger partial charge in [0, 0.05) is 11.8 Å². The molecule has 2 atom stereocenters. The fourth-order valence-electron chi connectivity index (χ4n) is 1.06. The van der Waals surface area contributed by atoms with Gasteiger partial charge in [0.1, 0.15) is 0 Å². The minimum Gasteiger partial charge on any atom is -0.333 e. The van der Waals surface area contributed by atoms with Crippen molar-refractivity contribution >= 4 is 17.8 Å². The lowest BCUT2D eigenvalue weighted by Crippen LogP contribution is -2.47. The smallest absolute Gasteiger partial charge is 0.329 e. The van der Waals surface area contributed by atoms with Crippen LogP contribution in [0.2, 0.25) is 0 Å². The van der Waals surface area contributed by atoms with E-state index in [9.17, 15) is 4.79 Å². The summed E-state index contributed by atoms with van der Waals surface area (Å²) in [6.07, 6.45) is 0. The molecular formula is C6H13N3OS. The summed E-state index contributed by atoms with van der Waals surface area (Å²) < 4.78 is 0. The Bertz CT molecular complexity index is 153. The molecule has 4 N–H and O–H groups in total. The molecule has 0 bridgehead atoms. The number of carbonyl (C=O) groups excluding carboxylic acids is 1. The number of amides is 2. The van der Waals surface area contributed by atoms with Gasteiger partial charge in [0.15, 0.2) is 0 Å². The fourth-order valence-corrected chi connectivity index (χ4v) is 2.46. The Labute approximate surface area is 70.3 Å². The SMILES string of the molecule is CC1CSCC1NC(=O)NN. The second kappa shape index (κ2) is 3.82. The number of nitrogens with two attached hydrogens (primary N) is 1. The molecule has 2 amide bonds. The molecule has 1 fully saturated rings. The Balaban J connectivity index is 2.30. The lowest BCUT2D eigenvalue weighted by molar-refractivity contribution is 0.236. The van der Waals surface area contributed by atoms with Gasteiger partial charge in [-0.3, -0.25) is 5.43 Å². The average molecular weight is 175 g/mol. The lowest BCUT2D eigenvalue weighted by atomic mass is 10.1. The molecule has 0 aromatic rings. The predicted molar refractivity (Wildman–Crippen MR) is 46.1 cm³/mol. The van der Waals surface area contributed by atoms with Crippen molar-refractivity contribution in [3.05, 3.63) is 0 Å². The Hall–Kier alpha value is -0.420. The monoisotopic (exact) mass is 175 g/mol. The third-order valence-electron chi connectivity index (χ3n) is 1.81. The van der Waals surface area contributed by atoms with Gasteiger partial charge < -0.3 is 5.32 Å². The first-order chi connectivity index (χ1) is 5.24. The van der Waals surface area contributed by atoms with Crippen molar-refractivity contribution in [3.63, 3.8) is 0 Å². The zero-order valence-electron chi connectivity index (χ0n) is 6.46. The van der Waals surface area contributed by atoms with Crippen molar-refractivity contribution in [3.8, 4) is 0 Å². The molecule has 1 aliphatic rings. The van der Waals surface area contributed by atoms with Crippen LogP contribution in [0.15, 0.2) is 0 Å². The van der Waals surface area contributed by atoms with Crippen LogP contribution in [0.5, 0.6) is 0 Å². The number of hydrogen-bond donors (Lipinski definition) is 3. The zero-order chi connectivity index (χ0) is 8.27.